The smallest absolute Gasteiger partial charge is 0.234 e. The second kappa shape index (κ2) is 7.98. The van der Waals surface area contributed by atoms with Gasteiger partial charge in [0.15, 0.2) is 0 Å². The van der Waals surface area contributed by atoms with Crippen LogP contribution in [-0.2, 0) is 11.3 Å². The van der Waals surface area contributed by atoms with Crippen molar-refractivity contribution in [3.63, 3.8) is 0 Å². The molecule has 2 saturated heterocycles. The van der Waals surface area contributed by atoms with Gasteiger partial charge < -0.3 is 4.90 Å². The summed E-state index contributed by atoms with van der Waals surface area (Å²) in [6, 6.07) is 13.3. The Kier molecular flexibility index (Phi) is 5.45. The second-order valence-corrected chi connectivity index (χ2v) is 8.22. The highest BCUT2D eigenvalue weighted by Gasteiger charge is 2.38. The molecule has 2 aliphatic rings. The van der Waals surface area contributed by atoms with Gasteiger partial charge in [-0.1, -0.05) is 24.3 Å². The molecule has 2 aliphatic heterocycles. The van der Waals surface area contributed by atoms with E-state index in [-0.39, 0.29) is 29.0 Å². The molecular weight excluding hydrogens is 366 g/mol. The number of thioether (sulfide) groups is 1. The number of nitrogens with zero attached hydrogens (tertiary/aromatic N) is 2. The highest BCUT2D eigenvalue weighted by Crippen LogP contribution is 2.41. The number of amides is 1. The van der Waals surface area contributed by atoms with Gasteiger partial charge in [0.25, 0.3) is 0 Å². The Morgan fingerprint density at radius 1 is 0.926 bits per heavy atom. The number of carbonyl (C=O) groups excluding carboxylic acids is 1. The maximum atomic E-state index is 13.2. The van der Waals surface area contributed by atoms with Crippen LogP contribution in [-0.4, -0.2) is 40.6 Å². The average Bonchev–Trinajstić information content (AvgIpc) is 3.06. The molecule has 6 heteroatoms. The minimum absolute atomic E-state index is 0.0215. The molecule has 1 atom stereocenters. The zero-order valence-electron chi connectivity index (χ0n) is 15.0. The molecule has 142 valence electrons. The summed E-state index contributed by atoms with van der Waals surface area (Å²) >= 11 is 1.62. The third-order valence-electron chi connectivity index (χ3n) is 5.33. The van der Waals surface area contributed by atoms with Crippen LogP contribution in [0.25, 0.3) is 0 Å². The van der Waals surface area contributed by atoms with Gasteiger partial charge in [0.05, 0.1) is 5.75 Å². The lowest BCUT2D eigenvalue weighted by molar-refractivity contribution is -0.131. The number of likely N-dealkylation sites (tertiary alicyclic amines) is 1. The Hall–Kier alpha value is -1.92. The van der Waals surface area contributed by atoms with Crippen LogP contribution in [0.3, 0.4) is 0 Å². The quantitative estimate of drug-likeness (QED) is 0.784. The normalized spacial score (nSPS) is 21.8. The predicted octanol–water partition coefficient (Wildman–Crippen LogP) is 4.20. The zero-order chi connectivity index (χ0) is 18.8. The van der Waals surface area contributed by atoms with E-state index < -0.39 is 0 Å². The largest absolute Gasteiger partial charge is 0.323 e. The van der Waals surface area contributed by atoms with Gasteiger partial charge in [-0.3, -0.25) is 9.69 Å². The molecule has 0 radical (unpaired) electrons. The van der Waals surface area contributed by atoms with Crippen LogP contribution in [0, 0.1) is 11.6 Å². The van der Waals surface area contributed by atoms with Crippen molar-refractivity contribution < 1.29 is 13.6 Å². The van der Waals surface area contributed by atoms with Crippen molar-refractivity contribution in [1.29, 1.82) is 0 Å². The number of hydrogen-bond donors (Lipinski definition) is 0. The Bertz CT molecular complexity index is 789. The van der Waals surface area contributed by atoms with Crippen LogP contribution in [0.15, 0.2) is 48.5 Å². The van der Waals surface area contributed by atoms with E-state index in [0.717, 1.165) is 43.6 Å². The van der Waals surface area contributed by atoms with Crippen molar-refractivity contribution in [3.8, 4) is 0 Å². The molecule has 0 spiro atoms. The van der Waals surface area contributed by atoms with Crippen LogP contribution in [0.1, 0.15) is 29.3 Å². The van der Waals surface area contributed by atoms with Crippen molar-refractivity contribution in [1.82, 2.24) is 9.80 Å². The fourth-order valence-corrected chi connectivity index (χ4v) is 5.17. The van der Waals surface area contributed by atoms with Crippen LogP contribution in [0.5, 0.6) is 0 Å². The minimum Gasteiger partial charge on any atom is -0.323 e. The SMILES string of the molecule is O=C1CSC(c2ccc(F)cc2)N1C1CCN(Cc2ccc(F)cc2)CC1. The fraction of sp³-hybridized carbons (Fsp3) is 0.381. The standard InChI is InChI=1S/C21H22F2N2OS/c22-17-5-1-15(2-6-17)13-24-11-9-19(10-12-24)25-20(26)14-27-21(25)16-3-7-18(23)8-4-16/h1-8,19,21H,9-14H2. The van der Waals surface area contributed by atoms with Gasteiger partial charge >= 0.3 is 0 Å². The number of halogens is 2. The third-order valence-corrected chi connectivity index (χ3v) is 6.56. The van der Waals surface area contributed by atoms with Crippen LogP contribution < -0.4 is 0 Å². The molecule has 0 N–H and O–H groups in total. The van der Waals surface area contributed by atoms with Crippen molar-refractivity contribution >= 4 is 17.7 Å². The number of benzene rings is 2. The average molecular weight is 388 g/mol. The molecule has 4 rings (SSSR count). The highest BCUT2D eigenvalue weighted by molar-refractivity contribution is 8.00. The van der Waals surface area contributed by atoms with Crippen molar-refractivity contribution in [3.05, 3.63) is 71.3 Å². The van der Waals surface area contributed by atoms with Gasteiger partial charge in [-0.05, 0) is 48.2 Å². The van der Waals surface area contributed by atoms with Gasteiger partial charge in [0.1, 0.15) is 17.0 Å². The maximum Gasteiger partial charge on any atom is 0.234 e. The molecule has 0 aromatic heterocycles. The molecule has 0 aliphatic carbocycles. The summed E-state index contributed by atoms with van der Waals surface area (Å²) in [5, 5.41) is -0.0215. The van der Waals surface area contributed by atoms with Gasteiger partial charge in [-0.2, -0.15) is 0 Å². The molecule has 3 nitrogen and oxygen atoms in total. The van der Waals surface area contributed by atoms with E-state index >= 15 is 0 Å². The lowest BCUT2D eigenvalue weighted by Crippen LogP contribution is -2.46. The Balaban J connectivity index is 1.39. The maximum absolute atomic E-state index is 13.2. The number of hydrogen-bond acceptors (Lipinski definition) is 3. The summed E-state index contributed by atoms with van der Waals surface area (Å²) in [6.07, 6.45) is 1.84. The lowest BCUT2D eigenvalue weighted by Gasteiger charge is -2.39. The minimum atomic E-state index is -0.256. The fourth-order valence-electron chi connectivity index (χ4n) is 3.92. The molecule has 2 heterocycles. The Morgan fingerprint density at radius 3 is 2.15 bits per heavy atom. The molecule has 1 amide bonds. The molecular formula is C21H22F2N2OS. The summed E-state index contributed by atoms with van der Waals surface area (Å²) in [4.78, 5) is 16.9. The van der Waals surface area contributed by atoms with Crippen LogP contribution in [0.4, 0.5) is 8.78 Å². The van der Waals surface area contributed by atoms with E-state index in [1.165, 1.54) is 24.3 Å². The van der Waals surface area contributed by atoms with Gasteiger partial charge in [0.2, 0.25) is 5.91 Å². The first-order valence-electron chi connectivity index (χ1n) is 9.25. The predicted molar refractivity (Wildman–Crippen MR) is 103 cm³/mol. The van der Waals surface area contributed by atoms with Gasteiger partial charge in [0, 0.05) is 25.7 Å². The first-order chi connectivity index (χ1) is 13.1. The summed E-state index contributed by atoms with van der Waals surface area (Å²) < 4.78 is 26.3. The lowest BCUT2D eigenvalue weighted by atomic mass is 10.0. The van der Waals surface area contributed by atoms with Crippen molar-refractivity contribution in [2.75, 3.05) is 18.8 Å². The van der Waals surface area contributed by atoms with Crippen molar-refractivity contribution in [2.24, 2.45) is 0 Å². The van der Waals surface area contributed by atoms with Crippen molar-refractivity contribution in [2.45, 2.75) is 30.8 Å². The topological polar surface area (TPSA) is 23.6 Å². The van der Waals surface area contributed by atoms with E-state index in [9.17, 15) is 13.6 Å². The first kappa shape index (κ1) is 18.4. The second-order valence-electron chi connectivity index (χ2n) is 7.15. The molecule has 2 aromatic carbocycles. The summed E-state index contributed by atoms with van der Waals surface area (Å²) in [5.74, 6) is 0.187. The van der Waals surface area contributed by atoms with E-state index in [2.05, 4.69) is 4.90 Å². The summed E-state index contributed by atoms with van der Waals surface area (Å²) in [6.45, 7) is 2.62. The number of rotatable bonds is 4. The molecule has 1 unspecified atom stereocenters. The van der Waals surface area contributed by atoms with E-state index in [1.54, 1.807) is 23.9 Å². The molecule has 2 fully saturated rings. The summed E-state index contributed by atoms with van der Waals surface area (Å²) in [5.41, 5.74) is 2.09. The molecule has 27 heavy (non-hydrogen) atoms. The highest BCUT2D eigenvalue weighted by atomic mass is 32.2. The van der Waals surface area contributed by atoms with E-state index in [0.29, 0.717) is 5.75 Å². The monoisotopic (exact) mass is 388 g/mol. The molecule has 2 aromatic rings. The Labute approximate surface area is 162 Å². The van der Waals surface area contributed by atoms with E-state index in [1.807, 2.05) is 17.0 Å². The first-order valence-corrected chi connectivity index (χ1v) is 10.3. The summed E-state index contributed by atoms with van der Waals surface area (Å²) in [7, 11) is 0. The number of piperidine rings is 1. The molecule has 0 saturated carbocycles. The van der Waals surface area contributed by atoms with E-state index in [4.69, 9.17) is 0 Å². The zero-order valence-corrected chi connectivity index (χ0v) is 15.8. The third kappa shape index (κ3) is 4.17. The Morgan fingerprint density at radius 2 is 1.52 bits per heavy atom. The van der Waals surface area contributed by atoms with Gasteiger partial charge in [-0.25, -0.2) is 8.78 Å². The molecule has 0 bridgehead atoms. The van der Waals surface area contributed by atoms with Gasteiger partial charge in [-0.15, -0.1) is 11.8 Å². The van der Waals surface area contributed by atoms with Crippen LogP contribution >= 0.6 is 11.8 Å². The van der Waals surface area contributed by atoms with Crippen LogP contribution in [0.2, 0.25) is 0 Å². The number of carbonyl (C=O) groups is 1.